The van der Waals surface area contributed by atoms with E-state index in [-0.39, 0.29) is 23.4 Å². The molecule has 0 atom stereocenters. The molecule has 2 heterocycles. The Morgan fingerprint density at radius 3 is 2.66 bits per heavy atom. The molecule has 2 amide bonds. The molecule has 4 rings (SSSR count). The van der Waals surface area contributed by atoms with Gasteiger partial charge in [0.25, 0.3) is 5.69 Å². The number of nitro benzene ring substituents is 1. The van der Waals surface area contributed by atoms with Crippen LogP contribution in [-0.2, 0) is 17.9 Å². The average molecular weight is 404 g/mol. The summed E-state index contributed by atoms with van der Waals surface area (Å²) < 4.78 is 10.9. The first-order valence-corrected chi connectivity index (χ1v) is 10.4. The largest absolute Gasteiger partial charge is 0.467 e. The molecule has 1 aromatic carbocycles. The van der Waals surface area contributed by atoms with Crippen LogP contribution in [-0.4, -0.2) is 59.8 Å². The van der Waals surface area contributed by atoms with Crippen molar-refractivity contribution in [2.24, 2.45) is 0 Å². The Kier molecular flexibility index (Phi) is 6.15. The third kappa shape index (κ3) is 4.79. The van der Waals surface area contributed by atoms with Gasteiger partial charge in [-0.2, -0.15) is 0 Å². The van der Waals surface area contributed by atoms with Gasteiger partial charge in [0.05, 0.1) is 11.5 Å². The number of fused-ring (bicyclic) bond motifs is 1. The lowest BCUT2D eigenvalue weighted by Crippen LogP contribution is -2.53. The van der Waals surface area contributed by atoms with E-state index < -0.39 is 0 Å². The third-order valence-corrected chi connectivity index (χ3v) is 5.97. The molecule has 2 fully saturated rings. The zero-order valence-corrected chi connectivity index (χ0v) is 16.6. The minimum Gasteiger partial charge on any atom is -0.467 e. The molecule has 9 nitrogen and oxygen atoms in total. The number of nitrogens with zero attached hydrogens (tertiary/aromatic N) is 3. The summed E-state index contributed by atoms with van der Waals surface area (Å²) in [4.78, 5) is 27.5. The average Bonchev–Trinajstić information content (AvgIpc) is 2.75. The number of carbonyl (C=O) groups is 1. The Balaban J connectivity index is 1.35. The highest BCUT2D eigenvalue weighted by molar-refractivity contribution is 5.74. The summed E-state index contributed by atoms with van der Waals surface area (Å²) in [5, 5.41) is 14.4. The molecule has 0 spiro atoms. The summed E-state index contributed by atoms with van der Waals surface area (Å²) in [5.41, 5.74) is 1.57. The van der Waals surface area contributed by atoms with Crippen LogP contribution >= 0.6 is 0 Å². The second-order valence-corrected chi connectivity index (χ2v) is 8.01. The number of urea groups is 1. The van der Waals surface area contributed by atoms with Crippen molar-refractivity contribution in [3.8, 4) is 5.75 Å². The number of hydrogen-bond acceptors (Lipinski definition) is 6. The van der Waals surface area contributed by atoms with Crippen LogP contribution in [0, 0.1) is 10.1 Å². The minimum atomic E-state index is -0.383. The summed E-state index contributed by atoms with van der Waals surface area (Å²) in [6.45, 7) is 3.80. The van der Waals surface area contributed by atoms with Gasteiger partial charge in [0, 0.05) is 62.0 Å². The fraction of sp³-hybridized carbons (Fsp3) is 0.650. The SMILES string of the molecule is O=C(NC1CCCCC1)N1CCN(Cc2cc([N+](=O)[O-])cc3c2OCOC3)CC1. The van der Waals surface area contributed by atoms with Crippen LogP contribution in [0.2, 0.25) is 0 Å². The van der Waals surface area contributed by atoms with E-state index in [1.54, 1.807) is 6.07 Å². The predicted octanol–water partition coefficient (Wildman–Crippen LogP) is 2.62. The number of rotatable bonds is 4. The second-order valence-electron chi connectivity index (χ2n) is 8.01. The molecule has 29 heavy (non-hydrogen) atoms. The second kappa shape index (κ2) is 8.96. The first-order chi connectivity index (χ1) is 14.1. The van der Waals surface area contributed by atoms with Crippen molar-refractivity contribution in [1.29, 1.82) is 0 Å². The molecule has 9 heteroatoms. The number of nitrogens with one attached hydrogen (secondary N) is 1. The number of hydrogen-bond donors (Lipinski definition) is 1. The maximum Gasteiger partial charge on any atom is 0.317 e. The normalized spacial score (nSPS) is 20.6. The van der Waals surface area contributed by atoms with Crippen LogP contribution in [0.1, 0.15) is 43.2 Å². The Labute approximate surface area is 170 Å². The van der Waals surface area contributed by atoms with Gasteiger partial charge < -0.3 is 19.7 Å². The molecule has 1 saturated carbocycles. The third-order valence-electron chi connectivity index (χ3n) is 5.97. The molecular formula is C20H28N4O5. The maximum atomic E-state index is 12.5. The van der Waals surface area contributed by atoms with E-state index in [1.165, 1.54) is 25.3 Å². The van der Waals surface area contributed by atoms with Gasteiger partial charge in [-0.15, -0.1) is 0 Å². The van der Waals surface area contributed by atoms with Gasteiger partial charge in [-0.3, -0.25) is 15.0 Å². The van der Waals surface area contributed by atoms with E-state index in [1.807, 2.05) is 4.90 Å². The van der Waals surface area contributed by atoms with E-state index in [9.17, 15) is 14.9 Å². The van der Waals surface area contributed by atoms with Crippen LogP contribution < -0.4 is 10.1 Å². The van der Waals surface area contributed by atoms with Crippen molar-refractivity contribution < 1.29 is 19.2 Å². The highest BCUT2D eigenvalue weighted by Gasteiger charge is 2.26. The van der Waals surface area contributed by atoms with Crippen molar-refractivity contribution in [3.05, 3.63) is 33.4 Å². The van der Waals surface area contributed by atoms with Gasteiger partial charge in [0.2, 0.25) is 0 Å². The summed E-state index contributed by atoms with van der Waals surface area (Å²) in [6.07, 6.45) is 5.81. The quantitative estimate of drug-likeness (QED) is 0.612. The summed E-state index contributed by atoms with van der Waals surface area (Å²) in [5.74, 6) is 0.694. The lowest BCUT2D eigenvalue weighted by Gasteiger charge is -2.36. The van der Waals surface area contributed by atoms with Crippen molar-refractivity contribution >= 4 is 11.7 Å². The molecule has 0 radical (unpaired) electrons. The topological polar surface area (TPSA) is 97.2 Å². The van der Waals surface area contributed by atoms with E-state index in [4.69, 9.17) is 9.47 Å². The molecule has 0 unspecified atom stereocenters. The molecule has 2 aliphatic heterocycles. The number of carbonyl (C=O) groups excluding carboxylic acids is 1. The highest BCUT2D eigenvalue weighted by Crippen LogP contribution is 2.33. The van der Waals surface area contributed by atoms with Crippen LogP contribution in [0.15, 0.2) is 12.1 Å². The Morgan fingerprint density at radius 1 is 1.17 bits per heavy atom. The van der Waals surface area contributed by atoms with E-state index in [0.717, 1.165) is 31.5 Å². The maximum absolute atomic E-state index is 12.5. The minimum absolute atomic E-state index is 0.0322. The fourth-order valence-electron chi connectivity index (χ4n) is 4.37. The molecule has 1 saturated heterocycles. The van der Waals surface area contributed by atoms with Crippen LogP contribution in [0.5, 0.6) is 5.75 Å². The standard InChI is InChI=1S/C20H28N4O5/c25-20(21-17-4-2-1-3-5-17)23-8-6-22(7-9-23)12-15-10-18(24(26)27)11-16-13-28-14-29-19(15)16/h10-11,17H,1-9,12-14H2,(H,21,25). The number of nitro groups is 1. The van der Waals surface area contributed by atoms with E-state index >= 15 is 0 Å². The first kappa shape index (κ1) is 19.9. The van der Waals surface area contributed by atoms with Gasteiger partial charge >= 0.3 is 6.03 Å². The number of amides is 2. The molecule has 158 valence electrons. The van der Waals surface area contributed by atoms with E-state index in [0.29, 0.717) is 43.6 Å². The van der Waals surface area contributed by atoms with Crippen LogP contribution in [0.3, 0.4) is 0 Å². The smallest absolute Gasteiger partial charge is 0.317 e. The van der Waals surface area contributed by atoms with Crippen molar-refractivity contribution in [2.45, 2.75) is 51.3 Å². The number of non-ortho nitro benzene ring substituents is 1. The van der Waals surface area contributed by atoms with Crippen molar-refractivity contribution in [1.82, 2.24) is 15.1 Å². The van der Waals surface area contributed by atoms with Crippen molar-refractivity contribution in [2.75, 3.05) is 33.0 Å². The van der Waals surface area contributed by atoms with Gasteiger partial charge in [-0.25, -0.2) is 4.79 Å². The zero-order chi connectivity index (χ0) is 20.2. The number of piperazine rings is 1. The predicted molar refractivity (Wildman–Crippen MR) is 106 cm³/mol. The lowest BCUT2D eigenvalue weighted by molar-refractivity contribution is -0.385. The van der Waals surface area contributed by atoms with Gasteiger partial charge in [0.1, 0.15) is 5.75 Å². The van der Waals surface area contributed by atoms with Gasteiger partial charge in [0.15, 0.2) is 6.79 Å². The molecule has 3 aliphatic rings. The Bertz CT molecular complexity index is 757. The molecular weight excluding hydrogens is 376 g/mol. The monoisotopic (exact) mass is 404 g/mol. The lowest BCUT2D eigenvalue weighted by atomic mass is 9.96. The van der Waals surface area contributed by atoms with E-state index in [2.05, 4.69) is 10.2 Å². The summed E-state index contributed by atoms with van der Waals surface area (Å²) >= 11 is 0. The molecule has 1 aromatic rings. The first-order valence-electron chi connectivity index (χ1n) is 10.4. The van der Waals surface area contributed by atoms with Crippen LogP contribution in [0.4, 0.5) is 10.5 Å². The Morgan fingerprint density at radius 2 is 1.93 bits per heavy atom. The van der Waals surface area contributed by atoms with Gasteiger partial charge in [-0.05, 0) is 12.8 Å². The number of benzene rings is 1. The van der Waals surface area contributed by atoms with Crippen LogP contribution in [0.25, 0.3) is 0 Å². The number of ether oxygens (including phenoxy) is 2. The zero-order valence-electron chi connectivity index (χ0n) is 16.6. The summed E-state index contributed by atoms with van der Waals surface area (Å²) in [7, 11) is 0. The highest BCUT2D eigenvalue weighted by atomic mass is 16.7. The molecule has 0 aromatic heterocycles. The van der Waals surface area contributed by atoms with Gasteiger partial charge in [-0.1, -0.05) is 19.3 Å². The molecule has 0 bridgehead atoms. The Hall–Kier alpha value is -2.39. The fourth-order valence-corrected chi connectivity index (χ4v) is 4.37. The summed E-state index contributed by atoms with van der Waals surface area (Å²) in [6, 6.07) is 3.45. The molecule has 1 N–H and O–H groups in total. The molecule has 1 aliphatic carbocycles. The van der Waals surface area contributed by atoms with Crippen molar-refractivity contribution in [3.63, 3.8) is 0 Å².